The minimum Gasteiger partial charge on any atom is -0.372 e. The molecule has 0 bridgehead atoms. The second-order valence-electron chi connectivity index (χ2n) is 3.23. The molecule has 0 radical (unpaired) electrons. The van der Waals surface area contributed by atoms with Crippen molar-refractivity contribution < 1.29 is 14.3 Å². The highest BCUT2D eigenvalue weighted by molar-refractivity contribution is 7.13. The number of thiophene rings is 1. The second-order valence-corrected chi connectivity index (χ2v) is 4.52. The highest BCUT2D eigenvalue weighted by Gasteiger charge is 2.13. The Morgan fingerprint density at radius 2 is 2.06 bits per heavy atom. The fourth-order valence-corrected chi connectivity index (χ4v) is 1.71. The van der Waals surface area contributed by atoms with Crippen LogP contribution in [0.2, 0.25) is 0 Å². The van der Waals surface area contributed by atoms with Crippen molar-refractivity contribution in [2.45, 2.75) is 20.0 Å². The average molecular weight is 242 g/mol. The van der Waals surface area contributed by atoms with Crippen LogP contribution in [0, 0.1) is 6.92 Å². The minimum atomic E-state index is -0.592. The Balaban J connectivity index is 2.44. The zero-order valence-electron chi connectivity index (χ0n) is 9.37. The average Bonchev–Trinajstić information content (AvgIpc) is 2.71. The van der Waals surface area contributed by atoms with Crippen molar-refractivity contribution in [3.8, 4) is 0 Å². The summed E-state index contributed by atoms with van der Waals surface area (Å²) in [5.41, 5.74) is 4.60. The van der Waals surface area contributed by atoms with E-state index in [1.54, 1.807) is 13.0 Å². The molecule has 1 aromatic heterocycles. The lowest BCUT2D eigenvalue weighted by Crippen LogP contribution is -2.45. The summed E-state index contributed by atoms with van der Waals surface area (Å²) < 4.78 is 4.79. The summed E-state index contributed by atoms with van der Waals surface area (Å²) in [6.45, 7) is 3.50. The highest BCUT2D eigenvalue weighted by Crippen LogP contribution is 2.14. The molecule has 0 spiro atoms. The smallest absolute Gasteiger partial charge is 0.279 e. The molecule has 1 rings (SSSR count). The van der Waals surface area contributed by atoms with Gasteiger partial charge in [-0.15, -0.1) is 11.3 Å². The molecule has 0 fully saturated rings. The van der Waals surface area contributed by atoms with Gasteiger partial charge < -0.3 is 4.74 Å². The molecule has 1 heterocycles. The van der Waals surface area contributed by atoms with Gasteiger partial charge in [0.05, 0.1) is 4.88 Å². The molecule has 0 aliphatic heterocycles. The van der Waals surface area contributed by atoms with E-state index in [4.69, 9.17) is 4.74 Å². The first-order chi connectivity index (χ1) is 7.54. The molecule has 0 aromatic carbocycles. The number of hydrazine groups is 1. The molecule has 0 saturated heterocycles. The van der Waals surface area contributed by atoms with E-state index in [1.807, 2.05) is 13.0 Å². The van der Waals surface area contributed by atoms with Crippen LogP contribution < -0.4 is 10.9 Å². The van der Waals surface area contributed by atoms with Crippen molar-refractivity contribution in [3.63, 3.8) is 0 Å². The molecule has 16 heavy (non-hydrogen) atoms. The number of aryl methyl sites for hydroxylation is 1. The number of carbonyl (C=O) groups excluding carboxylic acids is 2. The third-order valence-corrected chi connectivity index (χ3v) is 2.99. The third kappa shape index (κ3) is 3.32. The summed E-state index contributed by atoms with van der Waals surface area (Å²) in [5.74, 6) is -0.709. The third-order valence-electron chi connectivity index (χ3n) is 1.99. The van der Waals surface area contributed by atoms with Gasteiger partial charge in [-0.3, -0.25) is 20.4 Å². The Labute approximate surface area is 97.8 Å². The molecule has 2 amide bonds. The maximum Gasteiger partial charge on any atom is 0.279 e. The SMILES string of the molecule is COC(C)C(=O)NNC(=O)c1ccc(C)s1. The highest BCUT2D eigenvalue weighted by atomic mass is 32.1. The molecule has 1 atom stereocenters. The van der Waals surface area contributed by atoms with Gasteiger partial charge in [0.1, 0.15) is 6.10 Å². The van der Waals surface area contributed by atoms with E-state index in [2.05, 4.69) is 10.9 Å². The Bertz CT molecular complexity index is 389. The van der Waals surface area contributed by atoms with E-state index < -0.39 is 6.10 Å². The minimum absolute atomic E-state index is 0.324. The Morgan fingerprint density at radius 3 is 2.56 bits per heavy atom. The lowest BCUT2D eigenvalue weighted by atomic mass is 10.4. The Hall–Kier alpha value is -1.40. The summed E-state index contributed by atoms with van der Waals surface area (Å²) in [6, 6.07) is 3.56. The van der Waals surface area contributed by atoms with Crippen LogP contribution in [-0.2, 0) is 9.53 Å². The van der Waals surface area contributed by atoms with Crippen molar-refractivity contribution in [2.75, 3.05) is 7.11 Å². The summed E-state index contributed by atoms with van der Waals surface area (Å²) in [4.78, 5) is 24.4. The number of ether oxygens (including phenoxy) is 1. The topological polar surface area (TPSA) is 67.4 Å². The molecule has 5 nitrogen and oxygen atoms in total. The van der Waals surface area contributed by atoms with Crippen LogP contribution in [-0.4, -0.2) is 25.0 Å². The van der Waals surface area contributed by atoms with E-state index in [1.165, 1.54) is 18.4 Å². The fourth-order valence-electron chi connectivity index (χ4n) is 0.945. The van der Waals surface area contributed by atoms with Gasteiger partial charge in [0.25, 0.3) is 11.8 Å². The molecule has 88 valence electrons. The molecule has 1 unspecified atom stereocenters. The molecule has 6 heteroatoms. The van der Waals surface area contributed by atoms with Crippen molar-refractivity contribution in [1.82, 2.24) is 10.9 Å². The van der Waals surface area contributed by atoms with Gasteiger partial charge in [-0.2, -0.15) is 0 Å². The van der Waals surface area contributed by atoms with Gasteiger partial charge in [0.2, 0.25) is 0 Å². The molecule has 2 N–H and O–H groups in total. The van der Waals surface area contributed by atoms with Gasteiger partial charge in [-0.1, -0.05) is 0 Å². The maximum absolute atomic E-state index is 11.5. The van der Waals surface area contributed by atoms with Gasteiger partial charge in [0, 0.05) is 12.0 Å². The summed E-state index contributed by atoms with van der Waals surface area (Å²) >= 11 is 1.37. The number of methoxy groups -OCH3 is 1. The predicted molar refractivity (Wildman–Crippen MR) is 61.1 cm³/mol. The lowest BCUT2D eigenvalue weighted by molar-refractivity contribution is -0.130. The van der Waals surface area contributed by atoms with Gasteiger partial charge in [0.15, 0.2) is 0 Å². The van der Waals surface area contributed by atoms with E-state index in [0.717, 1.165) is 4.88 Å². The molecule has 0 saturated carbocycles. The first-order valence-corrected chi connectivity index (χ1v) is 5.55. The first-order valence-electron chi connectivity index (χ1n) is 4.74. The first kappa shape index (κ1) is 12.7. The summed E-state index contributed by atoms with van der Waals surface area (Å²) in [6.07, 6.45) is -0.592. The van der Waals surface area contributed by atoms with Crippen LogP contribution in [0.15, 0.2) is 12.1 Å². The summed E-state index contributed by atoms with van der Waals surface area (Å²) in [5, 5.41) is 0. The van der Waals surface area contributed by atoms with Crippen LogP contribution >= 0.6 is 11.3 Å². The quantitative estimate of drug-likeness (QED) is 0.772. The van der Waals surface area contributed by atoms with Crippen LogP contribution in [0.1, 0.15) is 21.5 Å². The molecule has 0 aliphatic rings. The molecule has 1 aromatic rings. The van der Waals surface area contributed by atoms with Crippen molar-refractivity contribution >= 4 is 23.2 Å². The molecule has 0 aliphatic carbocycles. The Morgan fingerprint density at radius 1 is 1.38 bits per heavy atom. The maximum atomic E-state index is 11.5. The van der Waals surface area contributed by atoms with E-state index in [9.17, 15) is 9.59 Å². The van der Waals surface area contributed by atoms with Gasteiger partial charge in [-0.05, 0) is 26.0 Å². The number of carbonyl (C=O) groups is 2. The number of hydrogen-bond donors (Lipinski definition) is 2. The van der Waals surface area contributed by atoms with E-state index in [0.29, 0.717) is 4.88 Å². The van der Waals surface area contributed by atoms with Crippen LogP contribution in [0.4, 0.5) is 0 Å². The standard InChI is InChI=1S/C10H14N2O3S/c1-6-4-5-8(16-6)10(14)12-11-9(13)7(2)15-3/h4-5,7H,1-3H3,(H,11,13)(H,12,14). The molecular formula is C10H14N2O3S. The Kier molecular flexibility index (Phi) is 4.45. The summed E-state index contributed by atoms with van der Waals surface area (Å²) in [7, 11) is 1.43. The number of nitrogens with one attached hydrogen (secondary N) is 2. The zero-order chi connectivity index (χ0) is 12.1. The van der Waals surface area contributed by atoms with Crippen LogP contribution in [0.5, 0.6) is 0 Å². The van der Waals surface area contributed by atoms with E-state index in [-0.39, 0.29) is 11.8 Å². The van der Waals surface area contributed by atoms with Gasteiger partial charge in [-0.25, -0.2) is 0 Å². The normalized spacial score (nSPS) is 11.9. The zero-order valence-corrected chi connectivity index (χ0v) is 10.2. The van der Waals surface area contributed by atoms with Crippen molar-refractivity contribution in [1.29, 1.82) is 0 Å². The van der Waals surface area contributed by atoms with Crippen LogP contribution in [0.3, 0.4) is 0 Å². The fraction of sp³-hybridized carbons (Fsp3) is 0.400. The van der Waals surface area contributed by atoms with Gasteiger partial charge >= 0.3 is 0 Å². The monoisotopic (exact) mass is 242 g/mol. The van der Waals surface area contributed by atoms with Crippen LogP contribution in [0.25, 0.3) is 0 Å². The lowest BCUT2D eigenvalue weighted by Gasteiger charge is -2.10. The second kappa shape index (κ2) is 5.62. The van der Waals surface area contributed by atoms with E-state index >= 15 is 0 Å². The van der Waals surface area contributed by atoms with Crippen molar-refractivity contribution in [2.24, 2.45) is 0 Å². The van der Waals surface area contributed by atoms with Crippen molar-refractivity contribution in [3.05, 3.63) is 21.9 Å². The predicted octanol–water partition coefficient (Wildman–Crippen LogP) is 0.852. The largest absolute Gasteiger partial charge is 0.372 e. The number of hydrogen-bond acceptors (Lipinski definition) is 4. The number of rotatable bonds is 3. The molecular weight excluding hydrogens is 228 g/mol. The number of amides is 2.